The lowest BCUT2D eigenvalue weighted by Crippen LogP contribution is -2.40. The Morgan fingerprint density at radius 2 is 1.67 bits per heavy atom. The Labute approximate surface area is 190 Å². The van der Waals surface area contributed by atoms with Crippen LogP contribution >= 0.6 is 0 Å². The molecule has 1 aromatic heterocycles. The maximum atomic E-state index is 13.4. The normalized spacial score (nSPS) is 11.0. The van der Waals surface area contributed by atoms with E-state index in [-0.39, 0.29) is 24.4 Å². The Morgan fingerprint density at radius 3 is 2.39 bits per heavy atom. The number of aliphatic hydroxyl groups excluding tert-OH is 1. The molecule has 0 bridgehead atoms. The van der Waals surface area contributed by atoms with Gasteiger partial charge in [0.1, 0.15) is 12.4 Å². The number of carbonyl (C=O) groups excluding carboxylic acids is 1. The predicted octanol–water partition coefficient (Wildman–Crippen LogP) is 2.64. The minimum absolute atomic E-state index is 0.236. The van der Waals surface area contributed by atoms with Crippen LogP contribution < -0.4 is 16.0 Å². The second-order valence-corrected chi connectivity index (χ2v) is 7.72. The first kappa shape index (κ1) is 22.2. The van der Waals surface area contributed by atoms with Crippen LogP contribution in [0.4, 0.5) is 0 Å². The van der Waals surface area contributed by atoms with Gasteiger partial charge in [-0.15, -0.1) is 0 Å². The lowest BCUT2D eigenvalue weighted by atomic mass is 10.1. The number of hydrogen-bond donors (Lipinski definition) is 1. The summed E-state index contributed by atoms with van der Waals surface area (Å²) in [6.07, 6.45) is 0.503. The zero-order valence-corrected chi connectivity index (χ0v) is 18.2. The van der Waals surface area contributed by atoms with Gasteiger partial charge in [-0.05, 0) is 41.8 Å². The summed E-state index contributed by atoms with van der Waals surface area (Å²) in [7, 11) is 1.60. The minimum atomic E-state index is -0.554. The van der Waals surface area contributed by atoms with Gasteiger partial charge in [0.2, 0.25) is 0 Å². The van der Waals surface area contributed by atoms with Crippen molar-refractivity contribution in [2.75, 3.05) is 13.7 Å². The molecule has 0 amide bonds. The number of carbonyl (C=O) groups is 1. The van der Waals surface area contributed by atoms with Crippen LogP contribution in [-0.4, -0.2) is 33.7 Å². The van der Waals surface area contributed by atoms with E-state index in [0.29, 0.717) is 22.9 Å². The fraction of sp³-hybridized carbons (Fsp3) is 0.192. The highest BCUT2D eigenvalue weighted by atomic mass is 16.5. The van der Waals surface area contributed by atoms with Gasteiger partial charge >= 0.3 is 5.69 Å². The Balaban J connectivity index is 1.72. The zero-order valence-electron chi connectivity index (χ0n) is 18.2. The van der Waals surface area contributed by atoms with Crippen molar-refractivity contribution in [3.8, 4) is 5.75 Å². The number of rotatable bonds is 8. The molecule has 0 atom stereocenters. The molecular formula is C26H24N2O5. The van der Waals surface area contributed by atoms with E-state index in [1.165, 1.54) is 4.57 Å². The quantitative estimate of drug-likeness (QED) is 0.422. The second kappa shape index (κ2) is 9.67. The molecule has 168 valence electrons. The summed E-state index contributed by atoms with van der Waals surface area (Å²) in [5, 5.41) is 9.50. The Morgan fingerprint density at radius 1 is 0.909 bits per heavy atom. The molecule has 1 N–H and O–H groups in total. The molecule has 0 aliphatic carbocycles. The summed E-state index contributed by atoms with van der Waals surface area (Å²) < 4.78 is 8.10. The largest absolute Gasteiger partial charge is 0.497 e. The molecule has 7 heteroatoms. The number of fused-ring (bicyclic) bond motifs is 1. The van der Waals surface area contributed by atoms with Crippen LogP contribution in [-0.2, 0) is 19.5 Å². The standard InChI is InChI=1S/C26H24N2O5/c1-33-21-6-4-5-18(15-21)13-14-27-25(31)22-7-2-3-8-23(22)28(26(27)32)16-19-9-11-20(12-10-19)24(30)17-29/h2-12,15,29H,13-14,16-17H2,1H3. The number of aryl methyl sites for hydroxylation is 1. The van der Waals surface area contributed by atoms with E-state index in [2.05, 4.69) is 0 Å². The average molecular weight is 444 g/mol. The highest BCUT2D eigenvalue weighted by Crippen LogP contribution is 2.14. The van der Waals surface area contributed by atoms with E-state index < -0.39 is 12.3 Å². The van der Waals surface area contributed by atoms with E-state index >= 15 is 0 Å². The summed E-state index contributed by atoms with van der Waals surface area (Å²) in [5.41, 5.74) is 2.01. The lowest BCUT2D eigenvalue weighted by Gasteiger charge is -2.15. The molecule has 0 aliphatic heterocycles. The summed E-state index contributed by atoms with van der Waals surface area (Å²) in [5.74, 6) is 0.356. The predicted molar refractivity (Wildman–Crippen MR) is 126 cm³/mol. The summed E-state index contributed by atoms with van der Waals surface area (Å²) in [6, 6.07) is 21.3. The molecular weight excluding hydrogens is 420 g/mol. The van der Waals surface area contributed by atoms with Gasteiger partial charge in [0, 0.05) is 12.1 Å². The third-order valence-corrected chi connectivity index (χ3v) is 5.65. The number of para-hydroxylation sites is 1. The Hall–Kier alpha value is -3.97. The van der Waals surface area contributed by atoms with Crippen LogP contribution in [0.5, 0.6) is 5.75 Å². The fourth-order valence-corrected chi connectivity index (χ4v) is 3.86. The van der Waals surface area contributed by atoms with Crippen molar-refractivity contribution < 1.29 is 14.6 Å². The molecule has 33 heavy (non-hydrogen) atoms. The summed E-state index contributed by atoms with van der Waals surface area (Å²) in [6.45, 7) is -0.0757. The van der Waals surface area contributed by atoms with Crippen LogP contribution in [0.25, 0.3) is 10.9 Å². The monoisotopic (exact) mass is 444 g/mol. The first-order chi connectivity index (χ1) is 16.0. The zero-order chi connectivity index (χ0) is 23.4. The molecule has 0 saturated heterocycles. The van der Waals surface area contributed by atoms with Crippen molar-refractivity contribution in [1.29, 1.82) is 0 Å². The van der Waals surface area contributed by atoms with Crippen molar-refractivity contribution in [2.24, 2.45) is 0 Å². The van der Waals surface area contributed by atoms with E-state index in [1.807, 2.05) is 24.3 Å². The minimum Gasteiger partial charge on any atom is -0.497 e. The molecule has 3 aromatic carbocycles. The van der Waals surface area contributed by atoms with Crippen molar-refractivity contribution in [3.63, 3.8) is 0 Å². The smallest absolute Gasteiger partial charge is 0.331 e. The van der Waals surface area contributed by atoms with Gasteiger partial charge in [-0.25, -0.2) is 4.79 Å². The first-order valence-electron chi connectivity index (χ1n) is 10.6. The van der Waals surface area contributed by atoms with Crippen LogP contribution in [0.15, 0.2) is 82.4 Å². The topological polar surface area (TPSA) is 90.5 Å². The average Bonchev–Trinajstić information content (AvgIpc) is 2.86. The molecule has 0 spiro atoms. The maximum Gasteiger partial charge on any atom is 0.331 e. The van der Waals surface area contributed by atoms with E-state index in [9.17, 15) is 14.4 Å². The number of aliphatic hydroxyl groups is 1. The third-order valence-electron chi connectivity index (χ3n) is 5.65. The molecule has 4 aromatic rings. The molecule has 0 radical (unpaired) electrons. The highest BCUT2D eigenvalue weighted by Gasteiger charge is 2.14. The number of benzene rings is 3. The number of aromatic nitrogens is 2. The van der Waals surface area contributed by atoms with Gasteiger partial charge in [0.25, 0.3) is 5.56 Å². The van der Waals surface area contributed by atoms with Crippen molar-refractivity contribution in [2.45, 2.75) is 19.5 Å². The number of hydrogen-bond acceptors (Lipinski definition) is 5. The van der Waals surface area contributed by atoms with Gasteiger partial charge in [-0.1, -0.05) is 48.5 Å². The van der Waals surface area contributed by atoms with E-state index in [4.69, 9.17) is 9.84 Å². The van der Waals surface area contributed by atoms with E-state index in [0.717, 1.165) is 16.9 Å². The van der Waals surface area contributed by atoms with E-state index in [1.54, 1.807) is 60.2 Å². The third kappa shape index (κ3) is 4.63. The molecule has 7 nitrogen and oxygen atoms in total. The Kier molecular flexibility index (Phi) is 6.51. The van der Waals surface area contributed by atoms with Crippen molar-refractivity contribution in [1.82, 2.24) is 9.13 Å². The highest BCUT2D eigenvalue weighted by molar-refractivity contribution is 5.96. The number of methoxy groups -OCH3 is 1. The molecule has 0 saturated carbocycles. The number of nitrogens with zero attached hydrogens (tertiary/aromatic N) is 2. The van der Waals surface area contributed by atoms with Gasteiger partial charge in [-0.2, -0.15) is 0 Å². The van der Waals surface area contributed by atoms with Crippen LogP contribution in [0.3, 0.4) is 0 Å². The molecule has 0 unspecified atom stereocenters. The SMILES string of the molecule is COc1cccc(CCn2c(=O)c3ccccc3n(Cc3ccc(C(=O)CO)cc3)c2=O)c1. The van der Waals surface area contributed by atoms with Gasteiger partial charge in [0.15, 0.2) is 5.78 Å². The summed E-state index contributed by atoms with van der Waals surface area (Å²) in [4.78, 5) is 38.2. The van der Waals surface area contributed by atoms with Gasteiger partial charge < -0.3 is 9.84 Å². The summed E-state index contributed by atoms with van der Waals surface area (Å²) >= 11 is 0. The second-order valence-electron chi connectivity index (χ2n) is 7.72. The van der Waals surface area contributed by atoms with Crippen LogP contribution in [0.2, 0.25) is 0 Å². The number of Topliss-reactive ketones (excluding diaryl/α,β-unsaturated/α-hetero) is 1. The van der Waals surface area contributed by atoms with Gasteiger partial charge in [-0.3, -0.25) is 18.7 Å². The lowest BCUT2D eigenvalue weighted by molar-refractivity contribution is 0.0903. The Bertz CT molecular complexity index is 1420. The molecule has 0 fully saturated rings. The maximum absolute atomic E-state index is 13.4. The van der Waals surface area contributed by atoms with Crippen molar-refractivity contribution >= 4 is 16.7 Å². The molecule has 4 rings (SSSR count). The van der Waals surface area contributed by atoms with Crippen molar-refractivity contribution in [3.05, 3.63) is 110 Å². The first-order valence-corrected chi connectivity index (χ1v) is 10.6. The number of ketones is 1. The van der Waals surface area contributed by atoms with Crippen LogP contribution in [0.1, 0.15) is 21.5 Å². The van der Waals surface area contributed by atoms with Gasteiger partial charge in [0.05, 0.1) is 24.6 Å². The fourth-order valence-electron chi connectivity index (χ4n) is 3.86. The molecule has 1 heterocycles. The number of ether oxygens (including phenoxy) is 1. The molecule has 0 aliphatic rings. The van der Waals surface area contributed by atoms with Crippen LogP contribution in [0, 0.1) is 0 Å².